The first-order valence-electron chi connectivity index (χ1n) is 4.77. The lowest BCUT2D eigenvalue weighted by Gasteiger charge is -2.17. The van der Waals surface area contributed by atoms with Crippen molar-refractivity contribution in [3.63, 3.8) is 0 Å². The molecule has 1 aliphatic rings. The summed E-state index contributed by atoms with van der Waals surface area (Å²) in [5.74, 6) is 0.663. The van der Waals surface area contributed by atoms with Crippen LogP contribution in [0.15, 0.2) is 11.4 Å². The first-order chi connectivity index (χ1) is 6.29. The fourth-order valence-corrected chi connectivity index (χ4v) is 3.35. The monoisotopic (exact) mass is 251 g/mol. The minimum Gasteiger partial charge on any atom is -0.323 e. The summed E-state index contributed by atoms with van der Waals surface area (Å²) in [4.78, 5) is 1.17. The van der Waals surface area contributed by atoms with Crippen molar-refractivity contribution >= 4 is 35.3 Å². The van der Waals surface area contributed by atoms with Crippen LogP contribution in [0.1, 0.15) is 36.6 Å². The predicted octanol–water partition coefficient (Wildman–Crippen LogP) is 4.01. The van der Waals surface area contributed by atoms with Gasteiger partial charge in [-0.15, -0.1) is 23.7 Å². The van der Waals surface area contributed by atoms with Gasteiger partial charge in [-0.2, -0.15) is 0 Å². The van der Waals surface area contributed by atoms with Gasteiger partial charge < -0.3 is 5.73 Å². The minimum absolute atomic E-state index is 0. The van der Waals surface area contributed by atoms with Crippen molar-refractivity contribution in [2.45, 2.75) is 31.7 Å². The first kappa shape index (κ1) is 12.3. The fraction of sp³-hybridized carbons (Fsp3) is 0.600. The van der Waals surface area contributed by atoms with Gasteiger partial charge in [0, 0.05) is 10.9 Å². The van der Waals surface area contributed by atoms with E-state index in [-0.39, 0.29) is 18.4 Å². The van der Waals surface area contributed by atoms with Crippen LogP contribution in [-0.4, -0.2) is 0 Å². The molecule has 0 aliphatic heterocycles. The Bertz CT molecular complexity index is 281. The maximum absolute atomic E-state index is 6.17. The average molecular weight is 252 g/mol. The van der Waals surface area contributed by atoms with Gasteiger partial charge in [0.1, 0.15) is 0 Å². The maximum Gasteiger partial charge on any atom is 0.0561 e. The van der Waals surface area contributed by atoms with E-state index in [2.05, 4.69) is 0 Å². The SMILES string of the molecule is Cl.N[C@H](c1sccc1Cl)C1CCCC1. The molecule has 80 valence electrons. The van der Waals surface area contributed by atoms with Crippen molar-refractivity contribution in [2.75, 3.05) is 0 Å². The Hall–Kier alpha value is 0.240. The second-order valence-electron chi connectivity index (χ2n) is 3.70. The largest absolute Gasteiger partial charge is 0.323 e. The van der Waals surface area contributed by atoms with Gasteiger partial charge in [0.25, 0.3) is 0 Å². The van der Waals surface area contributed by atoms with E-state index in [9.17, 15) is 0 Å². The van der Waals surface area contributed by atoms with E-state index >= 15 is 0 Å². The summed E-state index contributed by atoms with van der Waals surface area (Å²) in [6.07, 6.45) is 5.22. The molecule has 0 radical (unpaired) electrons. The Morgan fingerprint density at radius 2 is 2.07 bits per heavy atom. The summed E-state index contributed by atoms with van der Waals surface area (Å²) in [6, 6.07) is 2.12. The van der Waals surface area contributed by atoms with Crippen LogP contribution in [0.4, 0.5) is 0 Å². The van der Waals surface area contributed by atoms with Crippen LogP contribution in [0.25, 0.3) is 0 Å². The summed E-state index contributed by atoms with van der Waals surface area (Å²) in [7, 11) is 0. The van der Waals surface area contributed by atoms with Crippen molar-refractivity contribution in [1.82, 2.24) is 0 Å². The highest BCUT2D eigenvalue weighted by molar-refractivity contribution is 7.10. The van der Waals surface area contributed by atoms with E-state index in [1.807, 2.05) is 11.4 Å². The summed E-state index contributed by atoms with van der Waals surface area (Å²) in [5, 5.41) is 2.87. The highest BCUT2D eigenvalue weighted by Gasteiger charge is 2.25. The van der Waals surface area contributed by atoms with E-state index in [0.717, 1.165) is 5.02 Å². The Balaban J connectivity index is 0.000000980. The molecule has 0 bridgehead atoms. The Morgan fingerprint density at radius 3 is 2.57 bits per heavy atom. The van der Waals surface area contributed by atoms with E-state index in [4.69, 9.17) is 17.3 Å². The van der Waals surface area contributed by atoms with E-state index < -0.39 is 0 Å². The van der Waals surface area contributed by atoms with Gasteiger partial charge in [0.2, 0.25) is 0 Å². The third-order valence-corrected chi connectivity index (χ3v) is 4.32. The van der Waals surface area contributed by atoms with Gasteiger partial charge in [0.05, 0.1) is 5.02 Å². The topological polar surface area (TPSA) is 26.0 Å². The molecule has 1 aromatic heterocycles. The smallest absolute Gasteiger partial charge is 0.0561 e. The van der Waals surface area contributed by atoms with Crippen molar-refractivity contribution < 1.29 is 0 Å². The molecule has 1 heterocycles. The lowest BCUT2D eigenvalue weighted by Crippen LogP contribution is -2.18. The van der Waals surface area contributed by atoms with Crippen molar-refractivity contribution in [1.29, 1.82) is 0 Å². The molecule has 4 heteroatoms. The van der Waals surface area contributed by atoms with Crippen molar-refractivity contribution in [3.05, 3.63) is 21.3 Å². The summed E-state index contributed by atoms with van der Waals surface area (Å²) < 4.78 is 0. The van der Waals surface area contributed by atoms with Crippen LogP contribution in [0.3, 0.4) is 0 Å². The molecule has 1 fully saturated rings. The van der Waals surface area contributed by atoms with Crippen molar-refractivity contribution in [3.8, 4) is 0 Å². The molecular weight excluding hydrogens is 237 g/mol. The third-order valence-electron chi connectivity index (χ3n) is 2.86. The zero-order chi connectivity index (χ0) is 9.26. The third kappa shape index (κ3) is 2.43. The molecule has 0 amide bonds. The molecule has 0 spiro atoms. The molecule has 0 saturated heterocycles. The number of nitrogens with two attached hydrogens (primary N) is 1. The van der Waals surface area contributed by atoms with E-state index in [1.165, 1.54) is 30.6 Å². The van der Waals surface area contributed by atoms with Gasteiger partial charge in [-0.1, -0.05) is 24.4 Å². The molecule has 1 nitrogen and oxygen atoms in total. The minimum atomic E-state index is 0. The number of rotatable bonds is 2. The number of hydrogen-bond acceptors (Lipinski definition) is 2. The van der Waals surface area contributed by atoms with Gasteiger partial charge >= 0.3 is 0 Å². The lowest BCUT2D eigenvalue weighted by molar-refractivity contribution is 0.450. The molecule has 2 N–H and O–H groups in total. The molecule has 2 rings (SSSR count). The van der Waals surface area contributed by atoms with Crippen LogP contribution >= 0.6 is 35.3 Å². The van der Waals surface area contributed by atoms with Crippen LogP contribution in [0.2, 0.25) is 5.02 Å². The zero-order valence-electron chi connectivity index (χ0n) is 7.91. The van der Waals surface area contributed by atoms with Crippen LogP contribution in [0.5, 0.6) is 0 Å². The van der Waals surface area contributed by atoms with Crippen LogP contribution in [0, 0.1) is 5.92 Å². The normalized spacial score (nSPS) is 19.3. The standard InChI is InChI=1S/C10H14ClNS.ClH/c11-8-5-6-13-10(8)9(12)7-3-1-2-4-7;/h5-7,9H,1-4,12H2;1H/t9-;/m0./s1. The molecule has 14 heavy (non-hydrogen) atoms. The molecule has 1 saturated carbocycles. The van der Waals surface area contributed by atoms with Gasteiger partial charge in [-0.25, -0.2) is 0 Å². The first-order valence-corrected chi connectivity index (χ1v) is 6.03. The van der Waals surface area contributed by atoms with Crippen LogP contribution in [-0.2, 0) is 0 Å². The summed E-state index contributed by atoms with van der Waals surface area (Å²) in [6.45, 7) is 0. The van der Waals surface area contributed by atoms with Gasteiger partial charge in [-0.3, -0.25) is 0 Å². The molecule has 1 aliphatic carbocycles. The molecule has 0 aromatic carbocycles. The number of hydrogen-bond donors (Lipinski definition) is 1. The average Bonchev–Trinajstić information content (AvgIpc) is 2.72. The Kier molecular flexibility index (Phi) is 4.71. The molecule has 1 atom stereocenters. The predicted molar refractivity (Wildman–Crippen MR) is 65.5 cm³/mol. The zero-order valence-corrected chi connectivity index (χ0v) is 10.3. The van der Waals surface area contributed by atoms with Gasteiger partial charge in [-0.05, 0) is 30.2 Å². The Morgan fingerprint density at radius 1 is 1.43 bits per heavy atom. The summed E-state index contributed by atoms with van der Waals surface area (Å²) >= 11 is 7.73. The second kappa shape index (κ2) is 5.36. The maximum atomic E-state index is 6.17. The lowest BCUT2D eigenvalue weighted by atomic mass is 9.98. The van der Waals surface area contributed by atoms with E-state index in [1.54, 1.807) is 11.3 Å². The van der Waals surface area contributed by atoms with Gasteiger partial charge in [0.15, 0.2) is 0 Å². The highest BCUT2D eigenvalue weighted by atomic mass is 35.5. The van der Waals surface area contributed by atoms with Crippen molar-refractivity contribution in [2.24, 2.45) is 11.7 Å². The summed E-state index contributed by atoms with van der Waals surface area (Å²) in [5.41, 5.74) is 6.17. The fourth-order valence-electron chi connectivity index (χ4n) is 2.07. The molecule has 1 aromatic rings. The second-order valence-corrected chi connectivity index (χ2v) is 5.06. The number of halogens is 2. The van der Waals surface area contributed by atoms with Crippen LogP contribution < -0.4 is 5.73 Å². The quantitative estimate of drug-likeness (QED) is 0.845. The Labute approximate surface area is 100 Å². The molecular formula is C10H15Cl2NS. The molecule has 0 unspecified atom stereocenters. The number of thiophene rings is 1. The van der Waals surface area contributed by atoms with E-state index in [0.29, 0.717) is 5.92 Å². The highest BCUT2D eigenvalue weighted by Crippen LogP contribution is 2.38.